The van der Waals surface area contributed by atoms with E-state index in [0.717, 1.165) is 12.1 Å². The van der Waals surface area contributed by atoms with Crippen LogP contribution >= 0.6 is 0 Å². The Hall–Kier alpha value is -2.48. The minimum absolute atomic E-state index is 0.0471. The van der Waals surface area contributed by atoms with E-state index in [1.807, 2.05) is 0 Å². The summed E-state index contributed by atoms with van der Waals surface area (Å²) in [4.78, 5) is 11.9. The molecule has 0 aliphatic carbocycles. The molecule has 0 unspecified atom stereocenters. The molecule has 2 aromatic rings. The van der Waals surface area contributed by atoms with Crippen molar-refractivity contribution in [3.8, 4) is 5.75 Å². The maximum atomic E-state index is 13.7. The van der Waals surface area contributed by atoms with Crippen LogP contribution in [0.2, 0.25) is 0 Å². The van der Waals surface area contributed by atoms with E-state index >= 15 is 0 Å². The predicted octanol–water partition coefficient (Wildman–Crippen LogP) is 3.35. The molecule has 122 valence electrons. The van der Waals surface area contributed by atoms with Crippen molar-refractivity contribution in [3.63, 3.8) is 0 Å². The van der Waals surface area contributed by atoms with E-state index in [-0.39, 0.29) is 22.0 Å². The minimum atomic E-state index is -1.46. The van der Waals surface area contributed by atoms with Gasteiger partial charge in [-0.15, -0.1) is 0 Å². The number of ether oxygens (including phenoxy) is 1. The molecule has 0 saturated heterocycles. The molecule has 2 rings (SSSR count). The van der Waals surface area contributed by atoms with E-state index in [0.29, 0.717) is 0 Å². The number of anilines is 2. The summed E-state index contributed by atoms with van der Waals surface area (Å²) in [6, 6.07) is 6.85. The zero-order valence-corrected chi connectivity index (χ0v) is 13.2. The van der Waals surface area contributed by atoms with Gasteiger partial charge in [-0.25, -0.2) is 13.6 Å². The van der Waals surface area contributed by atoms with Gasteiger partial charge in [0.2, 0.25) is 0 Å². The second-order valence-electron chi connectivity index (χ2n) is 4.56. The number of hydrogen-bond acceptors (Lipinski definition) is 3. The van der Waals surface area contributed by atoms with Crippen molar-refractivity contribution in [2.75, 3.05) is 24.0 Å². The smallest absolute Gasteiger partial charge is 0.323 e. The number of carbonyl (C=O) groups is 1. The molecule has 2 aromatic carbocycles. The Bertz CT molecular complexity index is 768. The number of rotatable bonds is 4. The van der Waals surface area contributed by atoms with Crippen LogP contribution in [0.1, 0.15) is 0 Å². The van der Waals surface area contributed by atoms with Crippen molar-refractivity contribution in [2.24, 2.45) is 0 Å². The second kappa shape index (κ2) is 7.19. The summed E-state index contributed by atoms with van der Waals surface area (Å²) in [5.41, 5.74) is 0.365. The third-order valence-corrected chi connectivity index (χ3v) is 3.81. The molecule has 0 spiro atoms. The van der Waals surface area contributed by atoms with Crippen molar-refractivity contribution in [3.05, 3.63) is 48.0 Å². The first-order chi connectivity index (χ1) is 10.9. The molecular formula is C15H14F2N2O3S. The van der Waals surface area contributed by atoms with Gasteiger partial charge in [0, 0.05) is 29.8 Å². The van der Waals surface area contributed by atoms with Crippen LogP contribution in [0.5, 0.6) is 5.75 Å². The van der Waals surface area contributed by atoms with Gasteiger partial charge in [0.05, 0.1) is 22.8 Å². The van der Waals surface area contributed by atoms with E-state index in [4.69, 9.17) is 4.74 Å². The Morgan fingerprint density at radius 1 is 1.09 bits per heavy atom. The van der Waals surface area contributed by atoms with Crippen molar-refractivity contribution < 1.29 is 22.5 Å². The Kier molecular flexibility index (Phi) is 5.28. The summed E-state index contributed by atoms with van der Waals surface area (Å²) in [6.07, 6.45) is 1.36. The average molecular weight is 340 g/mol. The van der Waals surface area contributed by atoms with Gasteiger partial charge in [-0.2, -0.15) is 0 Å². The lowest BCUT2D eigenvalue weighted by atomic mass is 10.3. The highest BCUT2D eigenvalue weighted by Gasteiger charge is 2.10. The quantitative estimate of drug-likeness (QED) is 0.897. The average Bonchev–Trinajstić information content (AvgIpc) is 2.45. The summed E-state index contributed by atoms with van der Waals surface area (Å²) in [5.74, 6) is -1.00. The number of nitrogens with one attached hydrogen (secondary N) is 2. The van der Waals surface area contributed by atoms with Crippen LogP contribution in [0, 0.1) is 11.6 Å². The standard InChI is InChI=1S/C15H14F2N2O3S/c1-22-12-6-9(16)5-11(7-12)19-15(20)18-10-3-4-14(23(2)21)13(17)8-10/h3-8H,1-2H3,(H2,18,19,20)/t23-/m0/s1. The molecule has 0 bridgehead atoms. The zero-order chi connectivity index (χ0) is 17.0. The Morgan fingerprint density at radius 3 is 2.39 bits per heavy atom. The Labute approximate surface area is 134 Å². The van der Waals surface area contributed by atoms with Gasteiger partial charge in [-0.3, -0.25) is 4.21 Å². The zero-order valence-electron chi connectivity index (χ0n) is 12.4. The highest BCUT2D eigenvalue weighted by atomic mass is 32.2. The second-order valence-corrected chi connectivity index (χ2v) is 5.91. The number of halogens is 2. The third kappa shape index (κ3) is 4.49. The molecule has 23 heavy (non-hydrogen) atoms. The van der Waals surface area contributed by atoms with E-state index < -0.39 is 28.5 Å². The summed E-state index contributed by atoms with van der Waals surface area (Å²) in [7, 11) is -0.0827. The molecule has 0 aliphatic rings. The minimum Gasteiger partial charge on any atom is -0.497 e. The molecule has 2 amide bonds. The first-order valence-electron chi connectivity index (χ1n) is 6.44. The van der Waals surface area contributed by atoms with Gasteiger partial charge in [0.25, 0.3) is 0 Å². The maximum Gasteiger partial charge on any atom is 0.323 e. The van der Waals surface area contributed by atoms with Crippen LogP contribution < -0.4 is 15.4 Å². The maximum absolute atomic E-state index is 13.7. The largest absolute Gasteiger partial charge is 0.497 e. The fraction of sp³-hybridized carbons (Fsp3) is 0.133. The summed E-state index contributed by atoms with van der Waals surface area (Å²) in [5, 5.41) is 4.81. The van der Waals surface area contributed by atoms with Crippen LogP contribution in [0.4, 0.5) is 25.0 Å². The topological polar surface area (TPSA) is 67.4 Å². The number of benzene rings is 2. The third-order valence-electron chi connectivity index (χ3n) is 2.86. The lowest BCUT2D eigenvalue weighted by Crippen LogP contribution is -2.19. The number of carbonyl (C=O) groups excluding carboxylic acids is 1. The first kappa shape index (κ1) is 16.9. The molecule has 5 nitrogen and oxygen atoms in total. The number of amides is 2. The number of hydrogen-bond donors (Lipinski definition) is 2. The fourth-order valence-electron chi connectivity index (χ4n) is 1.86. The molecule has 0 saturated carbocycles. The number of urea groups is 1. The Balaban J connectivity index is 2.09. The van der Waals surface area contributed by atoms with E-state index in [9.17, 15) is 17.8 Å². The van der Waals surface area contributed by atoms with Crippen LogP contribution in [0.15, 0.2) is 41.3 Å². The van der Waals surface area contributed by atoms with Gasteiger partial charge in [0.1, 0.15) is 17.4 Å². The monoisotopic (exact) mass is 340 g/mol. The van der Waals surface area contributed by atoms with E-state index in [2.05, 4.69) is 10.6 Å². The van der Waals surface area contributed by atoms with E-state index in [1.54, 1.807) is 0 Å². The van der Waals surface area contributed by atoms with Gasteiger partial charge < -0.3 is 15.4 Å². The lowest BCUT2D eigenvalue weighted by molar-refractivity contribution is 0.262. The van der Waals surface area contributed by atoms with Crippen molar-refractivity contribution in [2.45, 2.75) is 4.90 Å². The SMILES string of the molecule is COc1cc(F)cc(NC(=O)Nc2ccc([S@](C)=O)c(F)c2)c1. The van der Waals surface area contributed by atoms with Crippen molar-refractivity contribution >= 4 is 28.2 Å². The lowest BCUT2D eigenvalue weighted by Gasteiger charge is -2.10. The fourth-order valence-corrected chi connectivity index (χ4v) is 2.45. The van der Waals surface area contributed by atoms with Crippen LogP contribution in [0.25, 0.3) is 0 Å². The Morgan fingerprint density at radius 2 is 1.78 bits per heavy atom. The molecule has 8 heteroatoms. The molecule has 0 aromatic heterocycles. The predicted molar refractivity (Wildman–Crippen MR) is 84.3 cm³/mol. The van der Waals surface area contributed by atoms with Gasteiger partial charge in [-0.1, -0.05) is 0 Å². The molecule has 0 radical (unpaired) electrons. The van der Waals surface area contributed by atoms with Gasteiger partial charge >= 0.3 is 6.03 Å². The summed E-state index contributed by atoms with van der Waals surface area (Å²) >= 11 is 0. The summed E-state index contributed by atoms with van der Waals surface area (Å²) < 4.78 is 43.2. The highest BCUT2D eigenvalue weighted by Crippen LogP contribution is 2.21. The highest BCUT2D eigenvalue weighted by molar-refractivity contribution is 7.84. The van der Waals surface area contributed by atoms with E-state index in [1.165, 1.54) is 37.6 Å². The van der Waals surface area contributed by atoms with Gasteiger partial charge in [0.15, 0.2) is 0 Å². The van der Waals surface area contributed by atoms with Gasteiger partial charge in [-0.05, 0) is 24.3 Å². The molecule has 0 aliphatic heterocycles. The summed E-state index contributed by atoms with van der Waals surface area (Å²) in [6.45, 7) is 0. The molecule has 0 heterocycles. The molecular weight excluding hydrogens is 326 g/mol. The molecule has 1 atom stereocenters. The first-order valence-corrected chi connectivity index (χ1v) is 8.00. The number of methoxy groups -OCH3 is 1. The van der Waals surface area contributed by atoms with Crippen molar-refractivity contribution in [1.82, 2.24) is 0 Å². The van der Waals surface area contributed by atoms with Crippen LogP contribution in [-0.4, -0.2) is 23.6 Å². The molecule has 2 N–H and O–H groups in total. The molecule has 0 fully saturated rings. The van der Waals surface area contributed by atoms with Crippen LogP contribution in [0.3, 0.4) is 0 Å². The van der Waals surface area contributed by atoms with Crippen molar-refractivity contribution in [1.29, 1.82) is 0 Å². The normalized spacial score (nSPS) is 11.7. The van der Waals surface area contributed by atoms with Crippen LogP contribution in [-0.2, 0) is 10.8 Å².